The summed E-state index contributed by atoms with van der Waals surface area (Å²) in [6.45, 7) is 1.08. The molecule has 3 amide bonds. The van der Waals surface area contributed by atoms with Crippen molar-refractivity contribution in [3.05, 3.63) is 118 Å². The van der Waals surface area contributed by atoms with Crippen LogP contribution in [0.2, 0.25) is 0 Å². The normalized spacial score (nSPS) is 15.9. The summed E-state index contributed by atoms with van der Waals surface area (Å²) < 4.78 is 29.7. The third-order valence-corrected chi connectivity index (χ3v) is 9.43. The van der Waals surface area contributed by atoms with Gasteiger partial charge in [0.1, 0.15) is 18.1 Å². The number of aromatic nitrogens is 1. The summed E-state index contributed by atoms with van der Waals surface area (Å²) in [4.78, 5) is 57.6. The zero-order valence-electron chi connectivity index (χ0n) is 29.2. The summed E-state index contributed by atoms with van der Waals surface area (Å²) in [5, 5.41) is 6.88. The first-order chi connectivity index (χ1) is 25.8. The van der Waals surface area contributed by atoms with Crippen LogP contribution in [0.4, 0.5) is 0 Å². The number of pyridine rings is 1. The van der Waals surface area contributed by atoms with Crippen molar-refractivity contribution >= 4 is 28.5 Å². The molecule has 53 heavy (non-hydrogen) atoms. The molecule has 7 aliphatic rings. The predicted molar refractivity (Wildman–Crippen MR) is 195 cm³/mol. The molecule has 13 heteroatoms. The van der Waals surface area contributed by atoms with E-state index < -0.39 is 5.60 Å². The van der Waals surface area contributed by atoms with Crippen molar-refractivity contribution in [1.82, 2.24) is 20.5 Å². The third kappa shape index (κ3) is 7.31. The summed E-state index contributed by atoms with van der Waals surface area (Å²) in [5.74, 6) is 1.69. The van der Waals surface area contributed by atoms with Crippen LogP contribution >= 0.6 is 0 Å². The Kier molecular flexibility index (Phi) is 9.89. The van der Waals surface area contributed by atoms with E-state index in [9.17, 15) is 19.2 Å². The summed E-state index contributed by atoms with van der Waals surface area (Å²) in [6.07, 6.45) is 1.86. The maximum atomic E-state index is 14.2. The molecule has 0 unspecified atom stereocenters. The van der Waals surface area contributed by atoms with Crippen LogP contribution in [0.3, 0.4) is 0 Å². The van der Waals surface area contributed by atoms with E-state index in [2.05, 4.69) is 15.6 Å². The Hall–Kier alpha value is -6.50. The monoisotopic (exact) mass is 718 g/mol. The minimum absolute atomic E-state index is 0.159. The highest BCUT2D eigenvalue weighted by molar-refractivity contribution is 6.06. The fraction of sp³-hybridized carbons (Fsp3) is 0.250. The lowest BCUT2D eigenvalue weighted by molar-refractivity contribution is -0.141. The van der Waals surface area contributed by atoms with Gasteiger partial charge in [-0.25, -0.2) is 0 Å². The highest BCUT2D eigenvalue weighted by Gasteiger charge is 2.45. The molecular formula is C40H38N4O9. The molecule has 12 rings (SSSR count). The highest BCUT2D eigenvalue weighted by Crippen LogP contribution is 2.38. The van der Waals surface area contributed by atoms with Crippen molar-refractivity contribution in [3.8, 4) is 34.5 Å². The van der Waals surface area contributed by atoms with Gasteiger partial charge in [0, 0.05) is 55.0 Å². The van der Waals surface area contributed by atoms with E-state index in [1.165, 1.54) is 20.4 Å². The maximum Gasteiger partial charge on any atom is 0.264 e. The SMILES string of the molecule is COc1cc2ccc1Oc1ccc(cc1OC)C(=O)NCCOc1ccc(cc1)OC1(CCN(C(=O)c3c[nH]c(=O)c4ccccc34)CC1)C(=O)NC2. The van der Waals surface area contributed by atoms with Crippen molar-refractivity contribution in [2.45, 2.75) is 25.0 Å². The van der Waals surface area contributed by atoms with E-state index >= 15 is 0 Å². The lowest BCUT2D eigenvalue weighted by atomic mass is 9.89. The quantitative estimate of drug-likeness (QED) is 0.238. The number of carbonyl (C=O) groups is 3. The standard InChI is InChI=1S/C40H38N4O9/c1-49-34-21-25-7-13-32(34)52-33-14-8-26(22-35(33)50-2)36(45)41-17-20-51-27-9-11-28(12-10-27)53-40(39(48)43-23-25)15-18-44(19-16-40)38(47)31-24-42-37(46)30-6-4-3-5-29(30)31/h3-14,21-22,24H,15-20,23H2,1-2H3,(H,41,45)(H,42,46)(H,43,48). The van der Waals surface area contributed by atoms with Gasteiger partial charge < -0.3 is 44.2 Å². The van der Waals surface area contributed by atoms with Crippen LogP contribution in [-0.2, 0) is 11.3 Å². The van der Waals surface area contributed by atoms with Crippen LogP contribution in [0.5, 0.6) is 34.5 Å². The molecule has 7 aliphatic heterocycles. The van der Waals surface area contributed by atoms with Crippen molar-refractivity contribution in [1.29, 1.82) is 0 Å². The molecule has 1 spiro atoms. The molecule has 5 aromatic rings. The number of ether oxygens (including phenoxy) is 5. The number of nitrogens with zero attached hydrogens (tertiary/aromatic N) is 1. The minimum Gasteiger partial charge on any atom is -0.493 e. The number of nitrogens with one attached hydrogen (secondary N) is 3. The number of aromatic amines is 1. The summed E-state index contributed by atoms with van der Waals surface area (Å²) in [7, 11) is 3.01. The van der Waals surface area contributed by atoms with Crippen molar-refractivity contribution < 1.29 is 38.1 Å². The van der Waals surface area contributed by atoms with Crippen LogP contribution in [0, 0.1) is 0 Å². The first-order valence-corrected chi connectivity index (χ1v) is 17.2. The number of rotatable bonds is 3. The van der Waals surface area contributed by atoms with Crippen molar-refractivity contribution in [2.75, 3.05) is 40.5 Å². The molecule has 0 radical (unpaired) electrons. The average molecular weight is 719 g/mol. The summed E-state index contributed by atoms with van der Waals surface area (Å²) in [5.41, 5.74) is -0.0598. The Morgan fingerprint density at radius 3 is 2.21 bits per heavy atom. The number of likely N-dealkylation sites (tertiary alicyclic amines) is 1. The topological polar surface area (TPSA) is 158 Å². The molecule has 0 atom stereocenters. The molecule has 1 aromatic heterocycles. The van der Waals surface area contributed by atoms with E-state index in [1.807, 2.05) is 6.07 Å². The lowest BCUT2D eigenvalue weighted by Crippen LogP contribution is -2.58. The van der Waals surface area contributed by atoms with Gasteiger partial charge in [0.25, 0.3) is 23.3 Å². The molecule has 0 saturated carbocycles. The number of benzene rings is 4. The Balaban J connectivity index is 1.16. The number of H-pyrrole nitrogens is 1. The average Bonchev–Trinajstić information content (AvgIpc) is 3.19. The molecule has 13 nitrogen and oxygen atoms in total. The second kappa shape index (κ2) is 15.0. The van der Waals surface area contributed by atoms with Crippen LogP contribution in [0.1, 0.15) is 39.1 Å². The van der Waals surface area contributed by atoms with Crippen LogP contribution < -0.4 is 39.9 Å². The van der Waals surface area contributed by atoms with E-state index in [-0.39, 0.29) is 68.9 Å². The number of piperidine rings is 1. The van der Waals surface area contributed by atoms with E-state index in [0.29, 0.717) is 56.4 Å². The molecule has 8 heterocycles. The fourth-order valence-corrected chi connectivity index (χ4v) is 6.53. The molecule has 1 saturated heterocycles. The van der Waals surface area contributed by atoms with Gasteiger partial charge in [-0.3, -0.25) is 19.2 Å². The molecule has 272 valence electrons. The number of fused-ring (bicyclic) bond motifs is 1. The Morgan fingerprint density at radius 1 is 0.792 bits per heavy atom. The molecule has 4 aromatic carbocycles. The van der Waals surface area contributed by atoms with Gasteiger partial charge in [-0.15, -0.1) is 0 Å². The number of amides is 3. The van der Waals surface area contributed by atoms with Gasteiger partial charge in [0.05, 0.1) is 26.3 Å². The van der Waals surface area contributed by atoms with Gasteiger partial charge in [-0.05, 0) is 66.2 Å². The first kappa shape index (κ1) is 34.9. The maximum absolute atomic E-state index is 14.2. The Morgan fingerprint density at radius 2 is 1.47 bits per heavy atom. The number of hydrogen-bond donors (Lipinski definition) is 3. The van der Waals surface area contributed by atoms with E-state index in [0.717, 1.165) is 5.56 Å². The Bertz CT molecular complexity index is 2230. The summed E-state index contributed by atoms with van der Waals surface area (Å²) in [6, 6.07) is 24.1. The van der Waals surface area contributed by atoms with Gasteiger partial charge in [0.15, 0.2) is 28.6 Å². The second-order valence-electron chi connectivity index (χ2n) is 12.7. The zero-order valence-corrected chi connectivity index (χ0v) is 29.2. The highest BCUT2D eigenvalue weighted by atomic mass is 16.5. The van der Waals surface area contributed by atoms with Gasteiger partial charge in [-0.1, -0.05) is 24.3 Å². The van der Waals surface area contributed by atoms with Crippen molar-refractivity contribution in [2.24, 2.45) is 0 Å². The third-order valence-electron chi connectivity index (χ3n) is 9.43. The molecular weight excluding hydrogens is 680 g/mol. The van der Waals surface area contributed by atoms with Crippen LogP contribution in [0.15, 0.2) is 95.9 Å². The molecule has 1 fully saturated rings. The van der Waals surface area contributed by atoms with Gasteiger partial charge in [-0.2, -0.15) is 0 Å². The smallest absolute Gasteiger partial charge is 0.264 e. The second-order valence-corrected chi connectivity index (χ2v) is 12.7. The number of carbonyl (C=O) groups excluding carboxylic acids is 3. The first-order valence-electron chi connectivity index (χ1n) is 17.2. The Labute approximate surface area is 304 Å². The molecule has 3 N–H and O–H groups in total. The number of methoxy groups -OCH3 is 2. The minimum atomic E-state index is -1.30. The van der Waals surface area contributed by atoms with E-state index in [1.54, 1.807) is 83.8 Å². The molecule has 6 bridgehead atoms. The van der Waals surface area contributed by atoms with Crippen LogP contribution in [0.25, 0.3) is 10.8 Å². The number of hydrogen-bond acceptors (Lipinski definition) is 9. The summed E-state index contributed by atoms with van der Waals surface area (Å²) >= 11 is 0. The fourth-order valence-electron chi connectivity index (χ4n) is 6.53. The zero-order chi connectivity index (χ0) is 37.0. The van der Waals surface area contributed by atoms with E-state index in [4.69, 9.17) is 23.7 Å². The van der Waals surface area contributed by atoms with Gasteiger partial charge >= 0.3 is 0 Å². The molecule has 0 aliphatic carbocycles. The van der Waals surface area contributed by atoms with Crippen molar-refractivity contribution in [3.63, 3.8) is 0 Å². The van der Waals surface area contributed by atoms with Crippen LogP contribution in [-0.4, -0.2) is 73.7 Å². The van der Waals surface area contributed by atoms with Gasteiger partial charge in [0.2, 0.25) is 0 Å². The predicted octanol–water partition coefficient (Wildman–Crippen LogP) is 4.83. The lowest BCUT2D eigenvalue weighted by Gasteiger charge is -2.40. The largest absolute Gasteiger partial charge is 0.493 e.